The number of fused-ring (bicyclic) bond motifs is 1. The van der Waals surface area contributed by atoms with Gasteiger partial charge in [-0.1, -0.05) is 30.3 Å². The topological polar surface area (TPSA) is 32.3 Å². The maximum Gasteiger partial charge on any atom is 0.231 e. The predicted octanol–water partition coefficient (Wildman–Crippen LogP) is 1.91. The van der Waals surface area contributed by atoms with Gasteiger partial charge >= 0.3 is 0 Å². The van der Waals surface area contributed by atoms with E-state index in [1.54, 1.807) is 6.08 Å². The molecule has 18 heavy (non-hydrogen) atoms. The SMILES string of the molecule is C=CCN(CC)C(=O)C1CNCc2ccccc21. The lowest BCUT2D eigenvalue weighted by molar-refractivity contribution is -0.132. The number of carbonyl (C=O) groups excluding carboxylic acids is 1. The molecule has 0 fully saturated rings. The zero-order chi connectivity index (χ0) is 13.0. The second kappa shape index (κ2) is 5.83. The van der Waals surface area contributed by atoms with Crippen molar-refractivity contribution in [2.24, 2.45) is 0 Å². The van der Waals surface area contributed by atoms with E-state index in [2.05, 4.69) is 24.0 Å². The van der Waals surface area contributed by atoms with Crippen molar-refractivity contribution in [3.63, 3.8) is 0 Å². The molecule has 0 aliphatic carbocycles. The van der Waals surface area contributed by atoms with Crippen LogP contribution in [0.1, 0.15) is 24.0 Å². The van der Waals surface area contributed by atoms with E-state index in [9.17, 15) is 4.79 Å². The molecule has 1 atom stereocenters. The Balaban J connectivity index is 2.24. The van der Waals surface area contributed by atoms with Gasteiger partial charge in [-0.15, -0.1) is 6.58 Å². The molecular formula is C15H20N2O. The molecule has 1 unspecified atom stereocenters. The molecule has 0 radical (unpaired) electrons. The van der Waals surface area contributed by atoms with E-state index >= 15 is 0 Å². The monoisotopic (exact) mass is 244 g/mol. The highest BCUT2D eigenvalue weighted by Crippen LogP contribution is 2.25. The Morgan fingerprint density at radius 1 is 1.56 bits per heavy atom. The van der Waals surface area contributed by atoms with Gasteiger partial charge in [-0.2, -0.15) is 0 Å². The molecule has 1 heterocycles. The molecular weight excluding hydrogens is 224 g/mol. The molecule has 2 rings (SSSR count). The lowest BCUT2D eigenvalue weighted by atomic mass is 9.90. The van der Waals surface area contributed by atoms with Crippen LogP contribution in [0.15, 0.2) is 36.9 Å². The molecule has 3 nitrogen and oxygen atoms in total. The van der Waals surface area contributed by atoms with Crippen LogP contribution >= 0.6 is 0 Å². The van der Waals surface area contributed by atoms with Crippen LogP contribution in [0.4, 0.5) is 0 Å². The van der Waals surface area contributed by atoms with E-state index in [1.165, 1.54) is 11.1 Å². The molecule has 0 saturated carbocycles. The van der Waals surface area contributed by atoms with Gasteiger partial charge in [-0.25, -0.2) is 0 Å². The van der Waals surface area contributed by atoms with Crippen LogP contribution in [0.5, 0.6) is 0 Å². The molecule has 1 aromatic carbocycles. The quantitative estimate of drug-likeness (QED) is 0.821. The standard InChI is InChI=1S/C15H20N2O/c1-3-9-17(4-2)15(18)14-11-16-10-12-7-5-6-8-13(12)14/h3,5-8,14,16H,1,4,9-11H2,2H3. The number of rotatable bonds is 4. The number of hydrogen-bond donors (Lipinski definition) is 1. The van der Waals surface area contributed by atoms with Crippen molar-refractivity contribution in [3.05, 3.63) is 48.0 Å². The minimum Gasteiger partial charge on any atom is -0.339 e. The van der Waals surface area contributed by atoms with Crippen LogP contribution in [0, 0.1) is 0 Å². The van der Waals surface area contributed by atoms with Crippen molar-refractivity contribution in [1.29, 1.82) is 0 Å². The maximum atomic E-state index is 12.5. The highest BCUT2D eigenvalue weighted by molar-refractivity contribution is 5.85. The summed E-state index contributed by atoms with van der Waals surface area (Å²) in [6, 6.07) is 8.19. The molecule has 0 aromatic heterocycles. The van der Waals surface area contributed by atoms with Crippen LogP contribution in [0.2, 0.25) is 0 Å². The van der Waals surface area contributed by atoms with Gasteiger partial charge in [0.15, 0.2) is 0 Å². The summed E-state index contributed by atoms with van der Waals surface area (Å²) in [5, 5.41) is 3.32. The second-order valence-corrected chi connectivity index (χ2v) is 4.55. The van der Waals surface area contributed by atoms with Gasteiger partial charge in [0.05, 0.1) is 5.92 Å². The summed E-state index contributed by atoms with van der Waals surface area (Å²) in [4.78, 5) is 14.4. The number of nitrogens with zero attached hydrogens (tertiary/aromatic N) is 1. The van der Waals surface area contributed by atoms with Crippen molar-refractivity contribution in [2.75, 3.05) is 19.6 Å². The Morgan fingerprint density at radius 3 is 3.06 bits per heavy atom. The predicted molar refractivity (Wildman–Crippen MR) is 73.3 cm³/mol. The highest BCUT2D eigenvalue weighted by Gasteiger charge is 2.28. The zero-order valence-electron chi connectivity index (χ0n) is 10.9. The minimum atomic E-state index is -0.0603. The normalized spacial score (nSPS) is 17.9. The fourth-order valence-corrected chi connectivity index (χ4v) is 2.47. The summed E-state index contributed by atoms with van der Waals surface area (Å²) in [7, 11) is 0. The van der Waals surface area contributed by atoms with Crippen LogP contribution < -0.4 is 5.32 Å². The van der Waals surface area contributed by atoms with Gasteiger partial charge in [0, 0.05) is 26.2 Å². The fourth-order valence-electron chi connectivity index (χ4n) is 2.47. The number of hydrogen-bond acceptors (Lipinski definition) is 2. The van der Waals surface area contributed by atoms with Gasteiger partial charge in [-0.05, 0) is 18.1 Å². The van der Waals surface area contributed by atoms with Gasteiger partial charge in [0.1, 0.15) is 0 Å². The molecule has 1 aliphatic heterocycles. The highest BCUT2D eigenvalue weighted by atomic mass is 16.2. The summed E-state index contributed by atoms with van der Waals surface area (Å²) >= 11 is 0. The number of benzene rings is 1. The molecule has 96 valence electrons. The Bertz CT molecular complexity index is 442. The molecule has 0 saturated heterocycles. The number of amides is 1. The first-order chi connectivity index (χ1) is 8.77. The summed E-state index contributed by atoms with van der Waals surface area (Å²) in [5.41, 5.74) is 2.40. The Morgan fingerprint density at radius 2 is 2.33 bits per heavy atom. The maximum absolute atomic E-state index is 12.5. The van der Waals surface area contributed by atoms with Crippen molar-refractivity contribution in [2.45, 2.75) is 19.4 Å². The van der Waals surface area contributed by atoms with E-state index in [1.807, 2.05) is 24.0 Å². The Labute approximate surface area is 108 Å². The summed E-state index contributed by atoms with van der Waals surface area (Å²) in [6.45, 7) is 8.64. The van der Waals surface area contributed by atoms with Crippen molar-refractivity contribution >= 4 is 5.91 Å². The summed E-state index contributed by atoms with van der Waals surface area (Å²) < 4.78 is 0. The van der Waals surface area contributed by atoms with E-state index in [0.717, 1.165) is 19.6 Å². The van der Waals surface area contributed by atoms with Crippen LogP contribution in [-0.2, 0) is 11.3 Å². The second-order valence-electron chi connectivity index (χ2n) is 4.55. The number of nitrogens with one attached hydrogen (secondary N) is 1. The number of likely N-dealkylation sites (N-methyl/N-ethyl adjacent to an activating group) is 1. The van der Waals surface area contributed by atoms with Gasteiger partial charge in [0.2, 0.25) is 5.91 Å². The Kier molecular flexibility index (Phi) is 4.15. The van der Waals surface area contributed by atoms with Gasteiger partial charge in [-0.3, -0.25) is 4.79 Å². The van der Waals surface area contributed by atoms with Crippen LogP contribution in [-0.4, -0.2) is 30.4 Å². The smallest absolute Gasteiger partial charge is 0.231 e. The lowest BCUT2D eigenvalue weighted by Crippen LogP contribution is -2.41. The molecule has 1 aliphatic rings. The molecule has 1 aromatic rings. The van der Waals surface area contributed by atoms with Crippen molar-refractivity contribution in [1.82, 2.24) is 10.2 Å². The number of carbonyl (C=O) groups is 1. The first-order valence-corrected chi connectivity index (χ1v) is 6.46. The van der Waals surface area contributed by atoms with Crippen LogP contribution in [0.3, 0.4) is 0 Å². The van der Waals surface area contributed by atoms with Gasteiger partial charge in [0.25, 0.3) is 0 Å². The van der Waals surface area contributed by atoms with E-state index in [0.29, 0.717) is 6.54 Å². The summed E-state index contributed by atoms with van der Waals surface area (Å²) in [5.74, 6) is 0.131. The zero-order valence-corrected chi connectivity index (χ0v) is 10.9. The van der Waals surface area contributed by atoms with E-state index in [-0.39, 0.29) is 11.8 Å². The molecule has 1 N–H and O–H groups in total. The van der Waals surface area contributed by atoms with E-state index in [4.69, 9.17) is 0 Å². The van der Waals surface area contributed by atoms with Crippen molar-refractivity contribution < 1.29 is 4.79 Å². The average molecular weight is 244 g/mol. The first-order valence-electron chi connectivity index (χ1n) is 6.46. The fraction of sp³-hybridized carbons (Fsp3) is 0.400. The third-order valence-corrected chi connectivity index (χ3v) is 3.44. The van der Waals surface area contributed by atoms with E-state index < -0.39 is 0 Å². The van der Waals surface area contributed by atoms with Crippen LogP contribution in [0.25, 0.3) is 0 Å². The first kappa shape index (κ1) is 12.8. The lowest BCUT2D eigenvalue weighted by Gasteiger charge is -2.30. The van der Waals surface area contributed by atoms with Gasteiger partial charge < -0.3 is 10.2 Å². The molecule has 3 heteroatoms. The average Bonchev–Trinajstić information content (AvgIpc) is 2.43. The minimum absolute atomic E-state index is 0.0603. The largest absolute Gasteiger partial charge is 0.339 e. The molecule has 0 bridgehead atoms. The summed E-state index contributed by atoms with van der Waals surface area (Å²) in [6.07, 6.45) is 1.78. The third kappa shape index (κ3) is 2.46. The van der Waals surface area contributed by atoms with Crippen molar-refractivity contribution in [3.8, 4) is 0 Å². The molecule has 1 amide bonds. The molecule has 0 spiro atoms. The Hall–Kier alpha value is -1.61. The third-order valence-electron chi connectivity index (χ3n) is 3.44.